The Morgan fingerprint density at radius 2 is 1.70 bits per heavy atom. The monoisotopic (exact) mass is 389 g/mol. The number of methoxy groups -OCH3 is 3. The number of fused-ring (bicyclic) bond motifs is 1. The van der Waals surface area contributed by atoms with Crippen molar-refractivity contribution in [3.05, 3.63) is 17.8 Å². The van der Waals surface area contributed by atoms with Crippen molar-refractivity contribution in [2.45, 2.75) is 6.18 Å². The molecule has 1 heterocycles. The average Bonchev–Trinajstić information content (AvgIpc) is 3.07. The number of H-pyrrole nitrogens is 1. The van der Waals surface area contributed by atoms with Crippen LogP contribution in [0.15, 0.2) is 12.1 Å². The molecule has 0 saturated heterocycles. The van der Waals surface area contributed by atoms with E-state index in [1.807, 2.05) is 0 Å². The van der Waals surface area contributed by atoms with Gasteiger partial charge in [0.15, 0.2) is 11.5 Å². The molecule has 2 aromatic rings. The number of aromatic nitrogens is 1. The lowest BCUT2D eigenvalue weighted by Gasteiger charge is -2.11. The van der Waals surface area contributed by atoms with Crippen molar-refractivity contribution in [1.82, 2.24) is 15.6 Å². The summed E-state index contributed by atoms with van der Waals surface area (Å²) in [7, 11) is 4.31. The molecule has 0 bridgehead atoms. The number of alkyl halides is 3. The summed E-state index contributed by atoms with van der Waals surface area (Å²) in [6.07, 6.45) is -4.52. The van der Waals surface area contributed by atoms with E-state index >= 15 is 0 Å². The fourth-order valence-electron chi connectivity index (χ4n) is 2.38. The minimum absolute atomic E-state index is 0.0680. The summed E-state index contributed by atoms with van der Waals surface area (Å²) >= 11 is 0. The van der Waals surface area contributed by atoms with Crippen LogP contribution in [0.1, 0.15) is 10.5 Å². The molecule has 2 amide bonds. The second-order valence-electron chi connectivity index (χ2n) is 5.36. The summed E-state index contributed by atoms with van der Waals surface area (Å²) in [5.74, 6) is -0.511. The molecule has 0 aliphatic rings. The molecule has 0 fully saturated rings. The molecule has 2 rings (SSSR count). The number of hydrogen-bond acceptors (Lipinski definition) is 5. The second-order valence-corrected chi connectivity index (χ2v) is 5.36. The van der Waals surface area contributed by atoms with Crippen LogP contribution in [-0.2, 0) is 4.79 Å². The number of hydrogen-bond donors (Lipinski definition) is 3. The predicted octanol–water partition coefficient (Wildman–Crippen LogP) is 1.60. The predicted molar refractivity (Wildman–Crippen MR) is 89.4 cm³/mol. The molecule has 1 aromatic carbocycles. The topological polar surface area (TPSA) is 102 Å². The number of carbonyl (C=O) groups excluding carboxylic acids is 2. The molecular weight excluding hydrogens is 371 g/mol. The van der Waals surface area contributed by atoms with Gasteiger partial charge in [0, 0.05) is 11.5 Å². The molecule has 0 saturated carbocycles. The van der Waals surface area contributed by atoms with Crippen molar-refractivity contribution in [3.63, 3.8) is 0 Å². The maximum atomic E-state index is 12.2. The fraction of sp³-hybridized carbons (Fsp3) is 0.375. The Bertz CT molecular complexity index is 848. The van der Waals surface area contributed by atoms with Crippen molar-refractivity contribution in [1.29, 1.82) is 0 Å². The summed E-state index contributed by atoms with van der Waals surface area (Å²) in [5, 5.41) is 4.43. The molecule has 0 aliphatic carbocycles. The van der Waals surface area contributed by atoms with Crippen molar-refractivity contribution < 1.29 is 37.0 Å². The third kappa shape index (κ3) is 4.74. The van der Waals surface area contributed by atoms with Gasteiger partial charge in [0.2, 0.25) is 5.91 Å². The molecule has 0 unspecified atom stereocenters. The van der Waals surface area contributed by atoms with Gasteiger partial charge in [0.05, 0.1) is 33.4 Å². The molecule has 8 nitrogen and oxygen atoms in total. The van der Waals surface area contributed by atoms with Crippen LogP contribution in [0.3, 0.4) is 0 Å². The first kappa shape index (κ1) is 20.2. The van der Waals surface area contributed by atoms with Crippen LogP contribution in [0.2, 0.25) is 0 Å². The van der Waals surface area contributed by atoms with Crippen LogP contribution in [-0.4, -0.2) is 57.4 Å². The minimum atomic E-state index is -4.52. The van der Waals surface area contributed by atoms with Gasteiger partial charge < -0.3 is 29.8 Å². The molecule has 3 N–H and O–H groups in total. The van der Waals surface area contributed by atoms with E-state index in [0.717, 1.165) is 0 Å². The number of benzene rings is 1. The van der Waals surface area contributed by atoms with Crippen LogP contribution in [0, 0.1) is 0 Å². The summed E-state index contributed by atoms with van der Waals surface area (Å²) in [5.41, 5.74) is 0.499. The van der Waals surface area contributed by atoms with E-state index in [2.05, 4.69) is 10.3 Å². The van der Waals surface area contributed by atoms with Gasteiger partial charge in [-0.15, -0.1) is 0 Å². The number of amides is 2. The maximum Gasteiger partial charge on any atom is 0.405 e. The quantitative estimate of drug-likeness (QED) is 0.668. The van der Waals surface area contributed by atoms with Crippen molar-refractivity contribution in [3.8, 4) is 17.2 Å². The van der Waals surface area contributed by atoms with Crippen LogP contribution in [0.25, 0.3) is 10.9 Å². The fourth-order valence-corrected chi connectivity index (χ4v) is 2.38. The Morgan fingerprint density at radius 3 is 2.26 bits per heavy atom. The smallest absolute Gasteiger partial charge is 0.405 e. The van der Waals surface area contributed by atoms with Crippen molar-refractivity contribution in [2.24, 2.45) is 0 Å². The lowest BCUT2D eigenvalue weighted by Crippen LogP contribution is -2.40. The van der Waals surface area contributed by atoms with Gasteiger partial charge in [-0.25, -0.2) is 0 Å². The lowest BCUT2D eigenvalue weighted by atomic mass is 10.2. The van der Waals surface area contributed by atoms with Crippen LogP contribution >= 0.6 is 0 Å². The van der Waals surface area contributed by atoms with E-state index in [1.54, 1.807) is 11.4 Å². The van der Waals surface area contributed by atoms with Gasteiger partial charge in [-0.2, -0.15) is 13.2 Å². The largest absolute Gasteiger partial charge is 0.496 e. The highest BCUT2D eigenvalue weighted by atomic mass is 19.4. The van der Waals surface area contributed by atoms with E-state index in [-0.39, 0.29) is 5.69 Å². The molecule has 27 heavy (non-hydrogen) atoms. The first-order chi connectivity index (χ1) is 12.7. The normalized spacial score (nSPS) is 11.2. The molecule has 148 valence electrons. The summed E-state index contributed by atoms with van der Waals surface area (Å²) < 4.78 is 52.0. The second kappa shape index (κ2) is 8.06. The molecule has 11 heteroatoms. The van der Waals surface area contributed by atoms with Crippen LogP contribution in [0.5, 0.6) is 17.2 Å². The summed E-state index contributed by atoms with van der Waals surface area (Å²) in [6, 6.07) is 3.06. The van der Waals surface area contributed by atoms with E-state index in [0.29, 0.717) is 28.2 Å². The first-order valence-electron chi connectivity index (χ1n) is 7.63. The third-order valence-corrected chi connectivity index (χ3v) is 3.58. The summed E-state index contributed by atoms with van der Waals surface area (Å²) in [6.45, 7) is -2.08. The van der Waals surface area contributed by atoms with Gasteiger partial charge in [0.25, 0.3) is 5.91 Å². The standard InChI is InChI=1S/C16H18F3N3O5/c1-25-10-5-11(26-2)14(27-3)13-8(10)4-9(22-13)15(24)20-6-12(23)21-7-16(17,18)19/h4-5,22H,6-7H2,1-3H3,(H,20,24)(H,21,23). The van der Waals surface area contributed by atoms with Gasteiger partial charge >= 0.3 is 6.18 Å². The Labute approximate surface area is 152 Å². The highest BCUT2D eigenvalue weighted by Gasteiger charge is 2.27. The Balaban J connectivity index is 2.18. The zero-order chi connectivity index (χ0) is 20.2. The van der Waals surface area contributed by atoms with Crippen LogP contribution in [0.4, 0.5) is 13.2 Å². The van der Waals surface area contributed by atoms with Crippen LogP contribution < -0.4 is 24.8 Å². The Hall–Kier alpha value is -3.11. The van der Waals surface area contributed by atoms with Gasteiger partial charge in [-0.3, -0.25) is 9.59 Å². The van der Waals surface area contributed by atoms with Gasteiger partial charge in [-0.1, -0.05) is 0 Å². The van der Waals surface area contributed by atoms with E-state index in [1.165, 1.54) is 27.4 Å². The molecule has 0 atom stereocenters. The first-order valence-corrected chi connectivity index (χ1v) is 7.63. The van der Waals surface area contributed by atoms with Gasteiger partial charge in [-0.05, 0) is 6.07 Å². The number of rotatable bonds is 7. The summed E-state index contributed by atoms with van der Waals surface area (Å²) in [4.78, 5) is 26.4. The number of aromatic amines is 1. The zero-order valence-corrected chi connectivity index (χ0v) is 14.7. The maximum absolute atomic E-state index is 12.2. The number of nitrogens with one attached hydrogen (secondary N) is 3. The molecule has 0 radical (unpaired) electrons. The van der Waals surface area contributed by atoms with Crippen molar-refractivity contribution in [2.75, 3.05) is 34.4 Å². The van der Waals surface area contributed by atoms with Gasteiger partial charge in [0.1, 0.15) is 18.0 Å². The third-order valence-electron chi connectivity index (χ3n) is 3.58. The molecule has 0 spiro atoms. The van der Waals surface area contributed by atoms with E-state index in [4.69, 9.17) is 14.2 Å². The lowest BCUT2D eigenvalue weighted by molar-refractivity contribution is -0.137. The number of carbonyl (C=O) groups is 2. The molecule has 0 aliphatic heterocycles. The van der Waals surface area contributed by atoms with E-state index in [9.17, 15) is 22.8 Å². The Morgan fingerprint density at radius 1 is 1.04 bits per heavy atom. The highest BCUT2D eigenvalue weighted by Crippen LogP contribution is 2.41. The molecule has 1 aromatic heterocycles. The average molecular weight is 389 g/mol. The molecular formula is C16H18F3N3O5. The highest BCUT2D eigenvalue weighted by molar-refractivity contribution is 6.03. The Kier molecular flexibility index (Phi) is 6.03. The van der Waals surface area contributed by atoms with Crippen molar-refractivity contribution >= 4 is 22.7 Å². The number of halogens is 3. The SMILES string of the molecule is COc1cc(OC)c2cc(C(=O)NCC(=O)NCC(F)(F)F)[nH]c2c1OC. The van der Waals surface area contributed by atoms with E-state index < -0.39 is 31.1 Å². The number of ether oxygens (including phenoxy) is 3. The zero-order valence-electron chi connectivity index (χ0n) is 14.7. The minimum Gasteiger partial charge on any atom is -0.496 e.